The Kier molecular flexibility index (Phi) is 5.47. The van der Waals surface area contributed by atoms with E-state index in [1.54, 1.807) is 31.3 Å². The van der Waals surface area contributed by atoms with E-state index in [2.05, 4.69) is 20.0 Å². The molecule has 3 heterocycles. The standard InChI is InChI=1S/C16H13F3N4O5/c1-9-10(14(23-27-9)11-4-2-3-5-20-11)7-25-12-6-13(28-22-12)26-15(24)21-8-16(17,18)19/h2-6H,7-8H2,1H3,(H,21,24). The quantitative estimate of drug-likeness (QED) is 0.673. The number of ether oxygens (including phenoxy) is 2. The van der Waals surface area contributed by atoms with Crippen LogP contribution in [-0.2, 0) is 6.61 Å². The summed E-state index contributed by atoms with van der Waals surface area (Å²) in [5.41, 5.74) is 1.69. The van der Waals surface area contributed by atoms with Crippen LogP contribution in [0.1, 0.15) is 11.3 Å². The van der Waals surface area contributed by atoms with Crippen molar-refractivity contribution in [2.45, 2.75) is 19.7 Å². The van der Waals surface area contributed by atoms with Crippen molar-refractivity contribution in [3.05, 3.63) is 41.8 Å². The smallest absolute Gasteiger partial charge is 0.415 e. The van der Waals surface area contributed by atoms with E-state index in [1.165, 1.54) is 5.32 Å². The number of amides is 1. The minimum atomic E-state index is -4.56. The number of nitrogens with one attached hydrogen (secondary N) is 1. The average Bonchev–Trinajstić information content (AvgIpc) is 3.25. The van der Waals surface area contributed by atoms with Gasteiger partial charge < -0.3 is 23.8 Å². The van der Waals surface area contributed by atoms with E-state index < -0.39 is 24.8 Å². The average molecular weight is 398 g/mol. The molecule has 0 bridgehead atoms. The van der Waals surface area contributed by atoms with Gasteiger partial charge in [-0.15, -0.1) is 0 Å². The number of halogens is 3. The van der Waals surface area contributed by atoms with E-state index in [0.29, 0.717) is 22.7 Å². The summed E-state index contributed by atoms with van der Waals surface area (Å²) in [5.74, 6) is 0.0278. The first-order valence-electron chi connectivity index (χ1n) is 7.80. The summed E-state index contributed by atoms with van der Waals surface area (Å²) in [6.07, 6.45) is -4.29. The fourth-order valence-electron chi connectivity index (χ4n) is 2.07. The van der Waals surface area contributed by atoms with Crippen LogP contribution in [0.4, 0.5) is 18.0 Å². The Morgan fingerprint density at radius 2 is 2.07 bits per heavy atom. The first-order chi connectivity index (χ1) is 13.3. The zero-order chi connectivity index (χ0) is 20.1. The molecular formula is C16H13F3N4O5. The molecule has 28 heavy (non-hydrogen) atoms. The topological polar surface area (TPSA) is 113 Å². The van der Waals surface area contributed by atoms with Gasteiger partial charge in [-0.25, -0.2) is 4.79 Å². The van der Waals surface area contributed by atoms with Gasteiger partial charge >= 0.3 is 18.2 Å². The second-order valence-corrected chi connectivity index (χ2v) is 5.41. The number of pyridine rings is 1. The lowest BCUT2D eigenvalue weighted by atomic mass is 10.1. The first kappa shape index (κ1) is 19.2. The molecule has 0 atom stereocenters. The molecule has 0 aliphatic rings. The van der Waals surface area contributed by atoms with Crippen molar-refractivity contribution < 1.29 is 36.5 Å². The lowest BCUT2D eigenvalue weighted by Gasteiger charge is -2.06. The molecule has 0 spiro atoms. The zero-order valence-electron chi connectivity index (χ0n) is 14.3. The highest BCUT2D eigenvalue weighted by Gasteiger charge is 2.28. The van der Waals surface area contributed by atoms with Crippen molar-refractivity contribution in [3.8, 4) is 23.2 Å². The Hall–Kier alpha value is -3.57. The summed E-state index contributed by atoms with van der Waals surface area (Å²) in [7, 11) is 0. The molecular weight excluding hydrogens is 385 g/mol. The van der Waals surface area contributed by atoms with Gasteiger partial charge in [-0.1, -0.05) is 11.2 Å². The second-order valence-electron chi connectivity index (χ2n) is 5.41. The molecule has 0 aliphatic heterocycles. The lowest BCUT2D eigenvalue weighted by Crippen LogP contribution is -2.35. The third kappa shape index (κ3) is 4.99. The van der Waals surface area contributed by atoms with Crippen molar-refractivity contribution in [1.82, 2.24) is 20.6 Å². The number of aryl methyl sites for hydroxylation is 1. The Morgan fingerprint density at radius 3 is 2.79 bits per heavy atom. The van der Waals surface area contributed by atoms with Gasteiger partial charge in [-0.05, 0) is 24.2 Å². The molecule has 0 radical (unpaired) electrons. The van der Waals surface area contributed by atoms with Crippen LogP contribution in [0.3, 0.4) is 0 Å². The van der Waals surface area contributed by atoms with Gasteiger partial charge in [0.05, 0.1) is 17.3 Å². The summed E-state index contributed by atoms with van der Waals surface area (Å²) in [6.45, 7) is 0.153. The molecule has 9 nitrogen and oxygen atoms in total. The van der Waals surface area contributed by atoms with Crippen molar-refractivity contribution in [1.29, 1.82) is 0 Å². The third-order valence-corrected chi connectivity index (χ3v) is 3.35. The molecule has 148 valence electrons. The maximum atomic E-state index is 12.0. The summed E-state index contributed by atoms with van der Waals surface area (Å²) in [5, 5.41) is 9.00. The van der Waals surface area contributed by atoms with E-state index in [-0.39, 0.29) is 12.5 Å². The van der Waals surface area contributed by atoms with E-state index in [4.69, 9.17) is 13.8 Å². The Balaban J connectivity index is 1.60. The number of carbonyl (C=O) groups excluding carboxylic acids is 1. The minimum Gasteiger partial charge on any atom is -0.470 e. The normalized spacial score (nSPS) is 11.3. The van der Waals surface area contributed by atoms with Gasteiger partial charge in [-0.3, -0.25) is 4.98 Å². The molecule has 3 aromatic heterocycles. The molecule has 3 rings (SSSR count). The van der Waals surface area contributed by atoms with Crippen LogP contribution in [-0.4, -0.2) is 34.1 Å². The van der Waals surface area contributed by atoms with Crippen LogP contribution in [0.25, 0.3) is 11.4 Å². The number of hydrogen-bond donors (Lipinski definition) is 1. The number of hydrogen-bond acceptors (Lipinski definition) is 8. The van der Waals surface area contributed by atoms with Crippen LogP contribution in [0.5, 0.6) is 11.8 Å². The van der Waals surface area contributed by atoms with Gasteiger partial charge in [0.25, 0.3) is 5.88 Å². The second kappa shape index (κ2) is 7.98. The SMILES string of the molecule is Cc1onc(-c2ccccn2)c1COc1cc(OC(=O)NCC(F)(F)F)on1. The molecule has 12 heteroatoms. The number of rotatable bonds is 6. The summed E-state index contributed by atoms with van der Waals surface area (Å²) < 4.78 is 56.0. The van der Waals surface area contributed by atoms with Crippen LogP contribution in [0, 0.1) is 6.92 Å². The Labute approximate surface area is 155 Å². The van der Waals surface area contributed by atoms with Crippen molar-refractivity contribution in [2.24, 2.45) is 0 Å². The zero-order valence-corrected chi connectivity index (χ0v) is 14.3. The minimum absolute atomic E-state index is 0.00646. The lowest BCUT2D eigenvalue weighted by molar-refractivity contribution is -0.123. The number of alkyl halides is 3. The highest BCUT2D eigenvalue weighted by atomic mass is 19.4. The molecule has 3 aromatic rings. The van der Waals surface area contributed by atoms with Gasteiger partial charge in [-0.2, -0.15) is 13.2 Å². The summed E-state index contributed by atoms with van der Waals surface area (Å²) in [4.78, 5) is 15.5. The fourth-order valence-corrected chi connectivity index (χ4v) is 2.07. The third-order valence-electron chi connectivity index (χ3n) is 3.35. The highest BCUT2D eigenvalue weighted by molar-refractivity contribution is 5.69. The molecule has 0 fully saturated rings. The van der Waals surface area contributed by atoms with Gasteiger partial charge in [0.2, 0.25) is 0 Å². The fraction of sp³-hybridized carbons (Fsp3) is 0.250. The highest BCUT2D eigenvalue weighted by Crippen LogP contribution is 2.26. The number of nitrogens with zero attached hydrogens (tertiary/aromatic N) is 3. The van der Waals surface area contributed by atoms with Crippen molar-refractivity contribution in [2.75, 3.05) is 6.54 Å². The van der Waals surface area contributed by atoms with Gasteiger partial charge in [0.1, 0.15) is 24.6 Å². The molecule has 0 aromatic carbocycles. The summed E-state index contributed by atoms with van der Waals surface area (Å²) in [6, 6.07) is 6.41. The van der Waals surface area contributed by atoms with Gasteiger partial charge in [0, 0.05) is 6.20 Å². The molecule has 0 unspecified atom stereocenters. The maximum absolute atomic E-state index is 12.0. The first-order valence-corrected chi connectivity index (χ1v) is 7.80. The summed E-state index contributed by atoms with van der Waals surface area (Å²) >= 11 is 0. The maximum Gasteiger partial charge on any atom is 0.415 e. The Bertz CT molecular complexity index is 939. The van der Waals surface area contributed by atoms with Crippen molar-refractivity contribution >= 4 is 6.09 Å². The van der Waals surface area contributed by atoms with Crippen LogP contribution >= 0.6 is 0 Å². The predicted octanol–water partition coefficient (Wildman–Crippen LogP) is 3.26. The molecule has 0 aliphatic carbocycles. The molecule has 1 N–H and O–H groups in total. The van der Waals surface area contributed by atoms with Crippen LogP contribution < -0.4 is 14.8 Å². The van der Waals surface area contributed by atoms with E-state index >= 15 is 0 Å². The molecule has 0 saturated heterocycles. The molecule has 0 saturated carbocycles. The van der Waals surface area contributed by atoms with Gasteiger partial charge in [0.15, 0.2) is 0 Å². The van der Waals surface area contributed by atoms with E-state index in [9.17, 15) is 18.0 Å². The monoisotopic (exact) mass is 398 g/mol. The molecule has 1 amide bonds. The van der Waals surface area contributed by atoms with E-state index in [0.717, 1.165) is 6.07 Å². The largest absolute Gasteiger partial charge is 0.470 e. The number of aromatic nitrogens is 3. The van der Waals surface area contributed by atoms with E-state index in [1.807, 2.05) is 0 Å². The Morgan fingerprint density at radius 1 is 1.25 bits per heavy atom. The number of carbonyl (C=O) groups is 1. The van der Waals surface area contributed by atoms with Crippen LogP contribution in [0.15, 0.2) is 39.5 Å². The van der Waals surface area contributed by atoms with Crippen molar-refractivity contribution in [3.63, 3.8) is 0 Å². The predicted molar refractivity (Wildman–Crippen MR) is 85.4 cm³/mol. The van der Waals surface area contributed by atoms with Crippen LogP contribution in [0.2, 0.25) is 0 Å².